The molecule has 22 heavy (non-hydrogen) atoms. The summed E-state index contributed by atoms with van der Waals surface area (Å²) in [6.07, 6.45) is 1.42. The Hall–Kier alpha value is -2.54. The number of aromatic hydroxyl groups is 1. The molecule has 112 valence electrons. The summed E-state index contributed by atoms with van der Waals surface area (Å²) < 4.78 is 23.6. The Morgan fingerprint density at radius 2 is 2.18 bits per heavy atom. The molecule has 5 nitrogen and oxygen atoms in total. The lowest BCUT2D eigenvalue weighted by molar-refractivity contribution is 0.0516. The van der Waals surface area contributed by atoms with Crippen molar-refractivity contribution in [2.24, 2.45) is 0 Å². The molecule has 0 atom stereocenters. The minimum Gasteiger partial charge on any atom is -0.505 e. The molecule has 0 fully saturated rings. The second-order valence-electron chi connectivity index (χ2n) is 4.43. The van der Waals surface area contributed by atoms with Crippen molar-refractivity contribution in [3.8, 4) is 17.0 Å². The van der Waals surface area contributed by atoms with E-state index in [1.54, 1.807) is 25.1 Å². The normalized spacial score (nSPS) is 10.8. The minimum absolute atomic E-state index is 0.167. The molecule has 0 aliphatic carbocycles. The lowest BCUT2D eigenvalue weighted by Gasteiger charge is -2.06. The standard InChI is InChI=1S/C15H11FN2O3S/c1-2-21-15(20)13-14(19)11-10(7-17-13)22-18-12(11)8-5-3-4-6-9(8)16/h3-7,19H,2H2,1H3. The van der Waals surface area contributed by atoms with Gasteiger partial charge in [-0.25, -0.2) is 14.2 Å². The van der Waals surface area contributed by atoms with Gasteiger partial charge in [0.2, 0.25) is 0 Å². The molecular formula is C15H11FN2O3S. The molecule has 0 saturated heterocycles. The van der Waals surface area contributed by atoms with Crippen molar-refractivity contribution in [2.75, 3.05) is 6.61 Å². The average molecular weight is 318 g/mol. The van der Waals surface area contributed by atoms with E-state index in [4.69, 9.17) is 4.74 Å². The van der Waals surface area contributed by atoms with E-state index in [0.717, 1.165) is 11.5 Å². The highest BCUT2D eigenvalue weighted by molar-refractivity contribution is 7.13. The Kier molecular flexibility index (Phi) is 3.72. The van der Waals surface area contributed by atoms with Crippen LogP contribution in [0.2, 0.25) is 0 Å². The first-order valence-electron chi connectivity index (χ1n) is 6.52. The third-order valence-corrected chi connectivity index (χ3v) is 3.87. The molecule has 2 heterocycles. The summed E-state index contributed by atoms with van der Waals surface area (Å²) >= 11 is 1.07. The first-order valence-corrected chi connectivity index (χ1v) is 7.30. The molecule has 0 amide bonds. The number of halogens is 1. The van der Waals surface area contributed by atoms with E-state index < -0.39 is 11.8 Å². The molecule has 0 unspecified atom stereocenters. The Balaban J connectivity index is 2.24. The fraction of sp³-hybridized carbons (Fsp3) is 0.133. The number of hydrogen-bond acceptors (Lipinski definition) is 6. The predicted molar refractivity (Wildman–Crippen MR) is 80.4 cm³/mol. The van der Waals surface area contributed by atoms with Gasteiger partial charge in [0, 0.05) is 11.8 Å². The van der Waals surface area contributed by atoms with Crippen LogP contribution in [0.15, 0.2) is 30.5 Å². The number of esters is 1. The molecule has 7 heteroatoms. The van der Waals surface area contributed by atoms with Gasteiger partial charge in [-0.1, -0.05) is 12.1 Å². The van der Waals surface area contributed by atoms with Crippen LogP contribution >= 0.6 is 11.5 Å². The quantitative estimate of drug-likeness (QED) is 0.750. The van der Waals surface area contributed by atoms with E-state index in [2.05, 4.69) is 9.36 Å². The smallest absolute Gasteiger partial charge is 0.360 e. The van der Waals surface area contributed by atoms with E-state index in [0.29, 0.717) is 10.1 Å². The maximum Gasteiger partial charge on any atom is 0.360 e. The zero-order valence-electron chi connectivity index (χ0n) is 11.5. The highest BCUT2D eigenvalue weighted by Gasteiger charge is 2.22. The van der Waals surface area contributed by atoms with Crippen molar-refractivity contribution >= 4 is 27.6 Å². The Labute approximate surface area is 129 Å². The van der Waals surface area contributed by atoms with Crippen LogP contribution in [0.3, 0.4) is 0 Å². The summed E-state index contributed by atoms with van der Waals surface area (Å²) in [5.41, 5.74) is 0.334. The van der Waals surface area contributed by atoms with Gasteiger partial charge in [-0.05, 0) is 30.6 Å². The lowest BCUT2D eigenvalue weighted by Crippen LogP contribution is -2.07. The van der Waals surface area contributed by atoms with Crippen molar-refractivity contribution < 1.29 is 19.0 Å². The molecule has 0 radical (unpaired) electrons. The van der Waals surface area contributed by atoms with Crippen molar-refractivity contribution in [3.63, 3.8) is 0 Å². The van der Waals surface area contributed by atoms with E-state index in [1.165, 1.54) is 12.3 Å². The molecule has 3 aromatic rings. The van der Waals surface area contributed by atoms with Crippen LogP contribution in [0.4, 0.5) is 4.39 Å². The average Bonchev–Trinajstić information content (AvgIpc) is 2.93. The second-order valence-corrected chi connectivity index (χ2v) is 5.23. The Morgan fingerprint density at radius 1 is 1.41 bits per heavy atom. The van der Waals surface area contributed by atoms with Gasteiger partial charge in [0.15, 0.2) is 11.4 Å². The van der Waals surface area contributed by atoms with Gasteiger partial charge in [0.25, 0.3) is 0 Å². The first-order chi connectivity index (χ1) is 10.6. The van der Waals surface area contributed by atoms with Gasteiger partial charge in [0.05, 0.1) is 22.4 Å². The first kappa shape index (κ1) is 14.4. The highest BCUT2D eigenvalue weighted by atomic mass is 32.1. The van der Waals surface area contributed by atoms with Crippen molar-refractivity contribution in [1.29, 1.82) is 0 Å². The Bertz CT molecular complexity index is 863. The monoisotopic (exact) mass is 318 g/mol. The van der Waals surface area contributed by atoms with E-state index in [1.807, 2.05) is 0 Å². The zero-order chi connectivity index (χ0) is 15.7. The van der Waals surface area contributed by atoms with Crippen LogP contribution in [-0.2, 0) is 4.74 Å². The zero-order valence-corrected chi connectivity index (χ0v) is 12.4. The number of pyridine rings is 1. The third kappa shape index (κ3) is 2.29. The fourth-order valence-corrected chi connectivity index (χ4v) is 2.87. The van der Waals surface area contributed by atoms with Crippen molar-refractivity contribution in [1.82, 2.24) is 9.36 Å². The molecular weight excluding hydrogens is 307 g/mol. The number of fused-ring (bicyclic) bond motifs is 1. The van der Waals surface area contributed by atoms with Crippen molar-refractivity contribution in [2.45, 2.75) is 6.92 Å². The molecule has 0 spiro atoms. The number of ether oxygens (including phenoxy) is 1. The number of carbonyl (C=O) groups is 1. The predicted octanol–water partition coefficient (Wildman–Crippen LogP) is 3.38. The number of benzene rings is 1. The molecule has 0 aliphatic rings. The van der Waals surface area contributed by atoms with E-state index in [9.17, 15) is 14.3 Å². The molecule has 2 aromatic heterocycles. The molecule has 0 saturated carbocycles. The van der Waals surface area contributed by atoms with Crippen LogP contribution in [-0.4, -0.2) is 27.0 Å². The minimum atomic E-state index is -0.729. The van der Waals surface area contributed by atoms with Crippen LogP contribution in [0.5, 0.6) is 5.75 Å². The number of carbonyl (C=O) groups excluding carboxylic acids is 1. The van der Waals surface area contributed by atoms with Gasteiger partial charge in [-0.15, -0.1) is 0 Å². The maximum atomic E-state index is 14.0. The van der Waals surface area contributed by atoms with Gasteiger partial charge in [0.1, 0.15) is 5.82 Å². The summed E-state index contributed by atoms with van der Waals surface area (Å²) in [6.45, 7) is 1.82. The van der Waals surface area contributed by atoms with Crippen LogP contribution in [0, 0.1) is 5.82 Å². The molecule has 0 bridgehead atoms. The number of hydrogen-bond donors (Lipinski definition) is 1. The summed E-state index contributed by atoms with van der Waals surface area (Å²) in [5, 5.41) is 10.6. The van der Waals surface area contributed by atoms with Gasteiger partial charge >= 0.3 is 5.97 Å². The summed E-state index contributed by atoms with van der Waals surface area (Å²) in [4.78, 5) is 15.7. The maximum absolute atomic E-state index is 14.0. The lowest BCUT2D eigenvalue weighted by atomic mass is 10.1. The molecule has 3 rings (SSSR count). The molecule has 1 aromatic carbocycles. The summed E-state index contributed by atoms with van der Waals surface area (Å²) in [7, 11) is 0. The second kappa shape index (κ2) is 5.69. The van der Waals surface area contributed by atoms with Crippen molar-refractivity contribution in [3.05, 3.63) is 42.0 Å². The summed E-state index contributed by atoms with van der Waals surface area (Å²) in [5.74, 6) is -1.53. The fourth-order valence-electron chi connectivity index (χ4n) is 2.11. The van der Waals surface area contributed by atoms with Crippen LogP contribution < -0.4 is 0 Å². The number of nitrogens with zero attached hydrogens (tertiary/aromatic N) is 2. The van der Waals surface area contributed by atoms with Crippen LogP contribution in [0.1, 0.15) is 17.4 Å². The highest BCUT2D eigenvalue weighted by Crippen LogP contribution is 2.38. The number of aromatic nitrogens is 2. The van der Waals surface area contributed by atoms with Gasteiger partial charge < -0.3 is 9.84 Å². The molecule has 1 N–H and O–H groups in total. The van der Waals surface area contributed by atoms with Gasteiger partial charge in [-0.3, -0.25) is 0 Å². The Morgan fingerprint density at radius 3 is 2.91 bits per heavy atom. The SMILES string of the molecule is CCOC(=O)c1ncc2snc(-c3ccccc3F)c2c1O. The molecule has 0 aliphatic heterocycles. The summed E-state index contributed by atoms with van der Waals surface area (Å²) in [6, 6.07) is 6.12. The van der Waals surface area contributed by atoms with E-state index >= 15 is 0 Å². The largest absolute Gasteiger partial charge is 0.505 e. The topological polar surface area (TPSA) is 72.3 Å². The third-order valence-electron chi connectivity index (χ3n) is 3.09. The van der Waals surface area contributed by atoms with Gasteiger partial charge in [-0.2, -0.15) is 4.37 Å². The van der Waals surface area contributed by atoms with E-state index in [-0.39, 0.29) is 29.3 Å². The number of rotatable bonds is 3. The van der Waals surface area contributed by atoms with Crippen LogP contribution in [0.25, 0.3) is 21.3 Å².